The van der Waals surface area contributed by atoms with E-state index in [1.807, 2.05) is 42.5 Å². The lowest BCUT2D eigenvalue weighted by Crippen LogP contribution is -2.38. The number of rotatable bonds is 8. The minimum atomic E-state index is -0.284. The molecule has 3 aromatic rings. The number of hydrogen-bond donors (Lipinski definition) is 1. The van der Waals surface area contributed by atoms with Crippen molar-refractivity contribution in [2.45, 2.75) is 57.9 Å². The number of nitrogens with one attached hydrogen (secondary N) is 1. The van der Waals surface area contributed by atoms with Gasteiger partial charge in [-0.1, -0.05) is 67.8 Å². The van der Waals surface area contributed by atoms with Gasteiger partial charge in [-0.2, -0.15) is 0 Å². The first kappa shape index (κ1) is 25.5. The van der Waals surface area contributed by atoms with Crippen molar-refractivity contribution in [2.24, 2.45) is 10.9 Å². The molecule has 1 heterocycles. The van der Waals surface area contributed by atoms with E-state index < -0.39 is 0 Å². The van der Waals surface area contributed by atoms with E-state index in [0.717, 1.165) is 47.7 Å². The number of carbonyl (C=O) groups is 1. The zero-order valence-electron chi connectivity index (χ0n) is 21.8. The molecule has 0 saturated heterocycles. The zero-order chi connectivity index (χ0) is 25.8. The normalized spacial score (nSPS) is 20.8. The van der Waals surface area contributed by atoms with Gasteiger partial charge in [-0.15, -0.1) is 0 Å². The summed E-state index contributed by atoms with van der Waals surface area (Å²) in [5, 5.41) is 4.42. The highest BCUT2D eigenvalue weighted by atomic mass is 35.5. The Kier molecular flexibility index (Phi) is 7.95. The molecular weight excluding hydrogens is 478 g/mol. The summed E-state index contributed by atoms with van der Waals surface area (Å²) in [6.07, 6.45) is 4.97. The van der Waals surface area contributed by atoms with Gasteiger partial charge in [0.15, 0.2) is 0 Å². The van der Waals surface area contributed by atoms with Crippen molar-refractivity contribution >= 4 is 40.2 Å². The number of anilines is 2. The van der Waals surface area contributed by atoms with E-state index in [2.05, 4.69) is 54.4 Å². The third-order valence-corrected chi connectivity index (χ3v) is 8.05. The summed E-state index contributed by atoms with van der Waals surface area (Å²) < 4.78 is 0. The van der Waals surface area contributed by atoms with Crippen molar-refractivity contribution in [3.05, 3.63) is 88.9 Å². The Hall–Kier alpha value is -3.11. The predicted molar refractivity (Wildman–Crippen MR) is 156 cm³/mol. The van der Waals surface area contributed by atoms with E-state index in [-0.39, 0.29) is 23.7 Å². The molecule has 5 rings (SSSR count). The summed E-state index contributed by atoms with van der Waals surface area (Å²) >= 11 is 6.12. The van der Waals surface area contributed by atoms with Crippen LogP contribution in [0.2, 0.25) is 5.02 Å². The first-order valence-electron chi connectivity index (χ1n) is 13.6. The van der Waals surface area contributed by atoms with Gasteiger partial charge in [0, 0.05) is 35.9 Å². The number of unbranched alkanes of at least 4 members (excludes halogenated alkanes) is 2. The molecule has 3 unspecified atom stereocenters. The average Bonchev–Trinajstić information content (AvgIpc) is 3.09. The summed E-state index contributed by atoms with van der Waals surface area (Å²) in [5.74, 6) is 0.0806. The number of benzene rings is 3. The maximum absolute atomic E-state index is 13.8. The van der Waals surface area contributed by atoms with Crippen LogP contribution in [0, 0.1) is 5.92 Å². The Morgan fingerprint density at radius 2 is 1.65 bits per heavy atom. The lowest BCUT2D eigenvalue weighted by Gasteiger charge is -2.34. The number of halogens is 1. The molecule has 0 radical (unpaired) electrons. The van der Waals surface area contributed by atoms with Crippen LogP contribution in [-0.4, -0.2) is 24.6 Å². The van der Waals surface area contributed by atoms with Crippen LogP contribution in [-0.2, 0) is 4.79 Å². The topological polar surface area (TPSA) is 44.7 Å². The van der Waals surface area contributed by atoms with Crippen molar-refractivity contribution in [1.82, 2.24) is 0 Å². The Balaban J connectivity index is 1.46. The largest absolute Gasteiger partial charge is 0.375 e. The number of Topliss-reactive ketones (excluding diaryl/α,β-unsaturated/α-hetero) is 1. The molecule has 0 aromatic heterocycles. The van der Waals surface area contributed by atoms with Gasteiger partial charge in [-0.3, -0.25) is 9.79 Å². The molecule has 1 fully saturated rings. The van der Waals surface area contributed by atoms with E-state index in [9.17, 15) is 4.79 Å². The number of fused-ring (bicyclic) bond motifs is 2. The zero-order valence-corrected chi connectivity index (χ0v) is 22.5. The lowest BCUT2D eigenvalue weighted by molar-refractivity contribution is -0.122. The number of para-hydroxylation sites is 2. The van der Waals surface area contributed by atoms with Crippen LogP contribution in [0.4, 0.5) is 17.1 Å². The van der Waals surface area contributed by atoms with E-state index >= 15 is 0 Å². The fourth-order valence-corrected chi connectivity index (χ4v) is 5.89. The molecule has 192 valence electrons. The molecule has 1 N–H and O–H groups in total. The van der Waals surface area contributed by atoms with Gasteiger partial charge in [-0.05, 0) is 73.2 Å². The van der Waals surface area contributed by atoms with Crippen LogP contribution in [0.5, 0.6) is 0 Å². The molecule has 0 spiro atoms. The molecule has 1 aliphatic heterocycles. The number of hydrogen-bond acceptors (Lipinski definition) is 4. The number of nitrogens with zero attached hydrogens (tertiary/aromatic N) is 2. The first-order chi connectivity index (χ1) is 18.1. The Morgan fingerprint density at radius 1 is 0.919 bits per heavy atom. The minimum absolute atomic E-state index is 0.120. The maximum atomic E-state index is 13.8. The minimum Gasteiger partial charge on any atom is -0.375 e. The van der Waals surface area contributed by atoms with Crippen LogP contribution in [0.25, 0.3) is 0 Å². The van der Waals surface area contributed by atoms with Gasteiger partial charge in [0.05, 0.1) is 23.3 Å². The molecular formula is C32H36ClN3O. The van der Waals surface area contributed by atoms with Crippen LogP contribution in [0.3, 0.4) is 0 Å². The molecule has 1 aliphatic carbocycles. The monoisotopic (exact) mass is 513 g/mol. The number of aliphatic imine (C=N–C) groups is 1. The average molecular weight is 514 g/mol. The molecule has 37 heavy (non-hydrogen) atoms. The maximum Gasteiger partial charge on any atom is 0.144 e. The molecule has 3 aromatic carbocycles. The fraction of sp³-hybridized carbons (Fsp3) is 0.375. The SMILES string of the molecule is CCCCCN(CC)c1ccc(C2Nc3ccccc3N=C3CC(c4ccc(Cl)cc4)CC(=O)C32)cc1. The summed E-state index contributed by atoms with van der Waals surface area (Å²) in [6, 6.07) is 24.7. The second kappa shape index (κ2) is 11.5. The van der Waals surface area contributed by atoms with Crippen molar-refractivity contribution in [1.29, 1.82) is 0 Å². The molecule has 5 heteroatoms. The van der Waals surface area contributed by atoms with Crippen molar-refractivity contribution in [2.75, 3.05) is 23.3 Å². The van der Waals surface area contributed by atoms with Crippen molar-refractivity contribution < 1.29 is 4.79 Å². The van der Waals surface area contributed by atoms with Crippen LogP contribution < -0.4 is 10.2 Å². The van der Waals surface area contributed by atoms with Gasteiger partial charge in [-0.25, -0.2) is 0 Å². The molecule has 4 nitrogen and oxygen atoms in total. The van der Waals surface area contributed by atoms with E-state index in [1.54, 1.807) is 0 Å². The van der Waals surface area contributed by atoms with Gasteiger partial charge >= 0.3 is 0 Å². The van der Waals surface area contributed by atoms with Gasteiger partial charge in [0.2, 0.25) is 0 Å². The molecule has 0 bridgehead atoms. The third-order valence-electron chi connectivity index (χ3n) is 7.79. The molecule has 2 aliphatic rings. The molecule has 0 amide bonds. The highest BCUT2D eigenvalue weighted by molar-refractivity contribution is 6.30. The predicted octanol–water partition coefficient (Wildman–Crippen LogP) is 8.36. The van der Waals surface area contributed by atoms with Crippen LogP contribution in [0.1, 0.15) is 69.0 Å². The quantitative estimate of drug-likeness (QED) is 0.308. The number of carbonyl (C=O) groups excluding carboxylic acids is 1. The van der Waals surface area contributed by atoms with E-state index in [0.29, 0.717) is 11.4 Å². The molecule has 3 atom stereocenters. The second-order valence-corrected chi connectivity index (χ2v) is 10.7. The highest BCUT2D eigenvalue weighted by Gasteiger charge is 2.41. The van der Waals surface area contributed by atoms with Crippen molar-refractivity contribution in [3.8, 4) is 0 Å². The Labute approximate surface area is 225 Å². The molecule has 1 saturated carbocycles. The third kappa shape index (κ3) is 5.60. The number of ketones is 1. The van der Waals surface area contributed by atoms with Crippen LogP contribution in [0.15, 0.2) is 77.8 Å². The van der Waals surface area contributed by atoms with Crippen LogP contribution >= 0.6 is 11.6 Å². The van der Waals surface area contributed by atoms with Crippen molar-refractivity contribution in [3.63, 3.8) is 0 Å². The summed E-state index contributed by atoms with van der Waals surface area (Å²) in [6.45, 7) is 6.51. The smallest absolute Gasteiger partial charge is 0.144 e. The van der Waals surface area contributed by atoms with Gasteiger partial charge in [0.1, 0.15) is 5.78 Å². The van der Waals surface area contributed by atoms with Gasteiger partial charge in [0.25, 0.3) is 0 Å². The van der Waals surface area contributed by atoms with Gasteiger partial charge < -0.3 is 10.2 Å². The Bertz CT molecular complexity index is 1250. The highest BCUT2D eigenvalue weighted by Crippen LogP contribution is 2.44. The summed E-state index contributed by atoms with van der Waals surface area (Å²) in [4.78, 5) is 21.3. The fourth-order valence-electron chi connectivity index (χ4n) is 5.76. The summed E-state index contributed by atoms with van der Waals surface area (Å²) in [7, 11) is 0. The standard InChI is InChI=1S/C32H36ClN3O/c1-3-5-8-19-36(4-2)26-17-13-23(14-18-26)32-31-29(34-27-9-6-7-10-28(27)35-32)20-24(21-30(31)37)22-11-15-25(33)16-12-22/h6-7,9-18,24,31-32,35H,3-5,8,19-21H2,1-2H3. The second-order valence-electron chi connectivity index (χ2n) is 10.2. The summed E-state index contributed by atoms with van der Waals surface area (Å²) in [5.41, 5.74) is 6.36. The van der Waals surface area contributed by atoms with E-state index in [1.165, 1.54) is 24.9 Å². The lowest BCUT2D eigenvalue weighted by atomic mass is 9.72. The Morgan fingerprint density at radius 3 is 2.38 bits per heavy atom. The van der Waals surface area contributed by atoms with E-state index in [4.69, 9.17) is 16.6 Å². The first-order valence-corrected chi connectivity index (χ1v) is 14.0.